The van der Waals surface area contributed by atoms with Crippen LogP contribution in [0, 0.1) is 5.92 Å². The lowest BCUT2D eigenvalue weighted by Crippen LogP contribution is -2.26. The third-order valence-electron chi connectivity index (χ3n) is 4.04. The molecule has 0 aromatic carbocycles. The maximum Gasteiger partial charge on any atom is 0.269 e. The summed E-state index contributed by atoms with van der Waals surface area (Å²) in [7, 11) is 1.83. The molecule has 5 nitrogen and oxygen atoms in total. The first-order valence-electron chi connectivity index (χ1n) is 8.49. The zero-order chi connectivity index (χ0) is 15.9. The minimum atomic E-state index is -0.0258. The largest absolute Gasteiger partial charge is 0.378 e. The molecule has 0 bridgehead atoms. The summed E-state index contributed by atoms with van der Waals surface area (Å²) in [6.07, 6.45) is 6.96. The lowest BCUT2D eigenvalue weighted by Gasteiger charge is -2.09. The Kier molecular flexibility index (Phi) is 6.43. The van der Waals surface area contributed by atoms with Crippen molar-refractivity contribution in [3.05, 3.63) is 17.5 Å². The van der Waals surface area contributed by atoms with Gasteiger partial charge in [0, 0.05) is 20.2 Å². The van der Waals surface area contributed by atoms with Crippen LogP contribution in [0.15, 0.2) is 6.07 Å². The molecule has 1 aliphatic heterocycles. The number of nitrogens with zero attached hydrogens (tertiary/aromatic N) is 2. The molecule has 0 aliphatic carbocycles. The number of unbranched alkanes of at least 4 members (excludes halogenated alkanes) is 1. The Bertz CT molecular complexity index is 476. The second-order valence-electron chi connectivity index (χ2n) is 6.63. The Balaban J connectivity index is 1.69. The monoisotopic (exact) mass is 307 g/mol. The SMILES string of the molecule is CC(C)Cc1cc(C(=O)NCCCC[C@H]2CCCO2)n(C)n1. The Labute approximate surface area is 133 Å². The van der Waals surface area contributed by atoms with Gasteiger partial charge in [-0.3, -0.25) is 9.48 Å². The number of amides is 1. The summed E-state index contributed by atoms with van der Waals surface area (Å²) in [5.41, 5.74) is 1.64. The lowest BCUT2D eigenvalue weighted by molar-refractivity contribution is 0.0938. The number of rotatable bonds is 8. The summed E-state index contributed by atoms with van der Waals surface area (Å²) in [5, 5.41) is 7.40. The number of aryl methyl sites for hydroxylation is 1. The van der Waals surface area contributed by atoms with E-state index in [1.54, 1.807) is 4.68 Å². The molecule has 5 heteroatoms. The van der Waals surface area contributed by atoms with Gasteiger partial charge in [-0.05, 0) is 50.5 Å². The maximum absolute atomic E-state index is 12.2. The van der Waals surface area contributed by atoms with Gasteiger partial charge in [0.15, 0.2) is 0 Å². The van der Waals surface area contributed by atoms with Crippen LogP contribution in [-0.2, 0) is 18.2 Å². The molecular formula is C17H29N3O2. The van der Waals surface area contributed by atoms with E-state index in [-0.39, 0.29) is 5.91 Å². The topological polar surface area (TPSA) is 56.1 Å². The van der Waals surface area contributed by atoms with Gasteiger partial charge in [0.2, 0.25) is 0 Å². The zero-order valence-corrected chi connectivity index (χ0v) is 14.1. The van der Waals surface area contributed by atoms with Crippen LogP contribution in [-0.4, -0.2) is 34.9 Å². The van der Waals surface area contributed by atoms with E-state index in [0.29, 0.717) is 17.7 Å². The molecule has 0 unspecified atom stereocenters. The summed E-state index contributed by atoms with van der Waals surface area (Å²) in [4.78, 5) is 12.2. The number of hydrogen-bond acceptors (Lipinski definition) is 3. The van der Waals surface area contributed by atoms with Gasteiger partial charge >= 0.3 is 0 Å². The molecular weight excluding hydrogens is 278 g/mol. The predicted octanol–water partition coefficient (Wildman–Crippen LogP) is 2.70. The normalized spacial score (nSPS) is 18.1. The number of aromatic nitrogens is 2. The molecule has 2 heterocycles. The fraction of sp³-hybridized carbons (Fsp3) is 0.765. The van der Waals surface area contributed by atoms with Crippen LogP contribution in [0.5, 0.6) is 0 Å². The van der Waals surface area contributed by atoms with Gasteiger partial charge in [0.1, 0.15) is 5.69 Å². The van der Waals surface area contributed by atoms with E-state index < -0.39 is 0 Å². The lowest BCUT2D eigenvalue weighted by atomic mass is 10.1. The van der Waals surface area contributed by atoms with Gasteiger partial charge in [-0.15, -0.1) is 0 Å². The van der Waals surface area contributed by atoms with Crippen LogP contribution in [0.2, 0.25) is 0 Å². The van der Waals surface area contributed by atoms with Crippen molar-refractivity contribution in [2.45, 2.75) is 58.5 Å². The second-order valence-corrected chi connectivity index (χ2v) is 6.63. The first-order valence-corrected chi connectivity index (χ1v) is 8.49. The van der Waals surface area contributed by atoms with Crippen LogP contribution in [0.1, 0.15) is 62.1 Å². The van der Waals surface area contributed by atoms with E-state index in [1.807, 2.05) is 13.1 Å². The Morgan fingerprint density at radius 1 is 1.50 bits per heavy atom. The van der Waals surface area contributed by atoms with Gasteiger partial charge in [0.05, 0.1) is 11.8 Å². The zero-order valence-electron chi connectivity index (χ0n) is 14.1. The standard InChI is InChI=1S/C17H29N3O2/c1-13(2)11-14-12-16(20(3)19-14)17(21)18-9-5-4-7-15-8-6-10-22-15/h12-13,15H,4-11H2,1-3H3,(H,18,21)/t15-/m0/s1. The van der Waals surface area contributed by atoms with Gasteiger partial charge < -0.3 is 10.1 Å². The van der Waals surface area contributed by atoms with E-state index in [0.717, 1.165) is 44.5 Å². The molecule has 1 aromatic heterocycles. The molecule has 1 saturated heterocycles. The van der Waals surface area contributed by atoms with Crippen molar-refractivity contribution in [1.29, 1.82) is 0 Å². The number of carbonyl (C=O) groups excluding carboxylic acids is 1. The van der Waals surface area contributed by atoms with Crippen LogP contribution >= 0.6 is 0 Å². The van der Waals surface area contributed by atoms with Crippen molar-refractivity contribution >= 4 is 5.91 Å². The maximum atomic E-state index is 12.2. The molecule has 1 aromatic rings. The van der Waals surface area contributed by atoms with Crippen molar-refractivity contribution in [3.63, 3.8) is 0 Å². The third-order valence-corrected chi connectivity index (χ3v) is 4.04. The van der Waals surface area contributed by atoms with Crippen LogP contribution in [0.3, 0.4) is 0 Å². The molecule has 0 spiro atoms. The third kappa shape index (κ3) is 5.13. The number of ether oxygens (including phenoxy) is 1. The fourth-order valence-electron chi connectivity index (χ4n) is 2.92. The first-order chi connectivity index (χ1) is 10.6. The van der Waals surface area contributed by atoms with E-state index in [1.165, 1.54) is 12.8 Å². The molecule has 2 rings (SSSR count). The van der Waals surface area contributed by atoms with E-state index in [9.17, 15) is 4.79 Å². The number of carbonyl (C=O) groups is 1. The Morgan fingerprint density at radius 2 is 2.32 bits per heavy atom. The predicted molar refractivity (Wildman–Crippen MR) is 86.9 cm³/mol. The highest BCUT2D eigenvalue weighted by Gasteiger charge is 2.15. The molecule has 1 aliphatic rings. The van der Waals surface area contributed by atoms with Gasteiger partial charge in [0.25, 0.3) is 5.91 Å². The minimum absolute atomic E-state index is 0.0258. The Hall–Kier alpha value is -1.36. The highest BCUT2D eigenvalue weighted by atomic mass is 16.5. The molecule has 1 atom stereocenters. The summed E-state index contributed by atoms with van der Waals surface area (Å²) in [5.74, 6) is 0.519. The quantitative estimate of drug-likeness (QED) is 0.751. The number of hydrogen-bond donors (Lipinski definition) is 1. The first kappa shape index (κ1) is 17.0. The second kappa shape index (κ2) is 8.32. The highest BCUT2D eigenvalue weighted by Crippen LogP contribution is 2.17. The fourth-order valence-corrected chi connectivity index (χ4v) is 2.92. The molecule has 0 saturated carbocycles. The molecule has 1 amide bonds. The molecule has 1 fully saturated rings. The molecule has 1 N–H and O–H groups in total. The summed E-state index contributed by atoms with van der Waals surface area (Å²) >= 11 is 0. The number of nitrogens with one attached hydrogen (secondary N) is 1. The van der Waals surface area contributed by atoms with E-state index in [4.69, 9.17) is 4.74 Å². The van der Waals surface area contributed by atoms with Crippen LogP contribution < -0.4 is 5.32 Å². The van der Waals surface area contributed by atoms with E-state index >= 15 is 0 Å². The summed E-state index contributed by atoms with van der Waals surface area (Å²) in [6, 6.07) is 1.90. The smallest absolute Gasteiger partial charge is 0.269 e. The molecule has 22 heavy (non-hydrogen) atoms. The summed E-state index contributed by atoms with van der Waals surface area (Å²) < 4.78 is 7.28. The van der Waals surface area contributed by atoms with Gasteiger partial charge in [-0.1, -0.05) is 13.8 Å². The van der Waals surface area contributed by atoms with Gasteiger partial charge in [-0.25, -0.2) is 0 Å². The van der Waals surface area contributed by atoms with Crippen molar-refractivity contribution in [3.8, 4) is 0 Å². The van der Waals surface area contributed by atoms with Crippen LogP contribution in [0.25, 0.3) is 0 Å². The van der Waals surface area contributed by atoms with Crippen molar-refractivity contribution < 1.29 is 9.53 Å². The van der Waals surface area contributed by atoms with E-state index in [2.05, 4.69) is 24.3 Å². The molecule has 0 radical (unpaired) electrons. The molecule has 124 valence electrons. The van der Waals surface area contributed by atoms with Gasteiger partial charge in [-0.2, -0.15) is 5.10 Å². The average Bonchev–Trinajstić information content (AvgIpc) is 3.07. The average molecular weight is 307 g/mol. The Morgan fingerprint density at radius 3 is 3.00 bits per heavy atom. The van der Waals surface area contributed by atoms with Crippen molar-refractivity contribution in [1.82, 2.24) is 15.1 Å². The summed E-state index contributed by atoms with van der Waals surface area (Å²) in [6.45, 7) is 5.95. The van der Waals surface area contributed by atoms with Crippen molar-refractivity contribution in [2.75, 3.05) is 13.2 Å². The minimum Gasteiger partial charge on any atom is -0.378 e. The van der Waals surface area contributed by atoms with Crippen LogP contribution in [0.4, 0.5) is 0 Å². The van der Waals surface area contributed by atoms with Crippen molar-refractivity contribution in [2.24, 2.45) is 13.0 Å². The highest BCUT2D eigenvalue weighted by molar-refractivity contribution is 5.92.